The zero-order valence-corrected chi connectivity index (χ0v) is 20.9. The van der Waals surface area contributed by atoms with Gasteiger partial charge in [0.1, 0.15) is 11.5 Å². The molecule has 3 N–H and O–H groups in total. The van der Waals surface area contributed by atoms with Crippen molar-refractivity contribution in [1.82, 2.24) is 10.5 Å². The second-order valence-corrected chi connectivity index (χ2v) is 9.86. The molecule has 9 nitrogen and oxygen atoms in total. The number of hydrogen-bond donors (Lipinski definition) is 3. The number of carbonyl (C=O) groups excluding carboxylic acids is 1. The first-order chi connectivity index (χ1) is 15.7. The molecule has 1 heterocycles. The number of aromatic nitrogens is 1. The van der Waals surface area contributed by atoms with Crippen LogP contribution in [-0.4, -0.2) is 31.2 Å². The minimum Gasteiger partial charge on any atom is -0.493 e. The van der Waals surface area contributed by atoms with Gasteiger partial charge < -0.3 is 14.6 Å². The van der Waals surface area contributed by atoms with Crippen LogP contribution in [0.25, 0.3) is 0 Å². The highest BCUT2D eigenvalue weighted by Crippen LogP contribution is 2.24. The molecular weight excluding hydrogens is 532 g/mol. The van der Waals surface area contributed by atoms with Crippen LogP contribution >= 0.6 is 28.1 Å². The number of rotatable bonds is 8. The minimum absolute atomic E-state index is 0.0236. The van der Waals surface area contributed by atoms with Crippen LogP contribution in [0.15, 0.2) is 62.4 Å². The van der Waals surface area contributed by atoms with Crippen LogP contribution in [0.3, 0.4) is 0 Å². The lowest BCUT2D eigenvalue weighted by molar-refractivity contribution is 0.0973. The van der Waals surface area contributed by atoms with Crippen molar-refractivity contribution in [2.45, 2.75) is 25.2 Å². The molecule has 0 aliphatic rings. The Bertz CT molecular complexity index is 1260. The third-order valence-corrected chi connectivity index (χ3v) is 6.23. The van der Waals surface area contributed by atoms with Crippen LogP contribution in [0.2, 0.25) is 0 Å². The molecule has 0 fully saturated rings. The van der Waals surface area contributed by atoms with Gasteiger partial charge in [-0.25, -0.2) is 8.42 Å². The van der Waals surface area contributed by atoms with Crippen molar-refractivity contribution in [1.29, 1.82) is 0 Å². The molecule has 2 aromatic carbocycles. The average molecular weight is 553 g/mol. The van der Waals surface area contributed by atoms with Crippen LogP contribution in [0.5, 0.6) is 5.75 Å². The fraction of sp³-hybridized carbons (Fsp3) is 0.190. The summed E-state index contributed by atoms with van der Waals surface area (Å²) in [6.07, 6.45) is 0.802. The lowest BCUT2D eigenvalue weighted by Gasteiger charge is -2.13. The van der Waals surface area contributed by atoms with E-state index in [4.69, 9.17) is 21.5 Å². The quantitative estimate of drug-likeness (QED) is 0.350. The van der Waals surface area contributed by atoms with E-state index in [-0.39, 0.29) is 15.8 Å². The van der Waals surface area contributed by atoms with Crippen molar-refractivity contribution in [2.75, 3.05) is 16.6 Å². The molecular formula is C21H21BrN4O5S2. The largest absolute Gasteiger partial charge is 0.493 e. The van der Waals surface area contributed by atoms with Crippen molar-refractivity contribution < 1.29 is 22.5 Å². The van der Waals surface area contributed by atoms with E-state index in [9.17, 15) is 13.2 Å². The van der Waals surface area contributed by atoms with Crippen molar-refractivity contribution >= 4 is 60.7 Å². The molecule has 3 rings (SSSR count). The zero-order valence-electron chi connectivity index (χ0n) is 17.7. The van der Waals surface area contributed by atoms with Crippen molar-refractivity contribution in [3.63, 3.8) is 0 Å². The molecule has 0 radical (unpaired) electrons. The van der Waals surface area contributed by atoms with Gasteiger partial charge >= 0.3 is 0 Å². The first-order valence-corrected chi connectivity index (χ1v) is 12.5. The fourth-order valence-corrected chi connectivity index (χ4v) is 4.23. The van der Waals surface area contributed by atoms with Gasteiger partial charge in [-0.3, -0.25) is 14.8 Å². The number of aryl methyl sites for hydroxylation is 1. The van der Waals surface area contributed by atoms with Gasteiger partial charge in [-0.2, -0.15) is 0 Å². The molecule has 3 aromatic rings. The maximum absolute atomic E-state index is 12.7. The number of halogens is 1. The van der Waals surface area contributed by atoms with E-state index in [0.29, 0.717) is 29.4 Å². The number of nitrogens with zero attached hydrogens (tertiary/aromatic N) is 1. The molecule has 12 heteroatoms. The van der Waals surface area contributed by atoms with Crippen LogP contribution in [-0.2, 0) is 10.0 Å². The molecule has 1 amide bonds. The molecule has 0 bridgehead atoms. The van der Waals surface area contributed by atoms with E-state index in [1.807, 2.05) is 6.92 Å². The predicted molar refractivity (Wildman–Crippen MR) is 132 cm³/mol. The molecule has 0 aliphatic carbocycles. The van der Waals surface area contributed by atoms with E-state index >= 15 is 0 Å². The smallest absolute Gasteiger partial charge is 0.263 e. The summed E-state index contributed by atoms with van der Waals surface area (Å²) < 4.78 is 38.5. The van der Waals surface area contributed by atoms with Gasteiger partial charge in [0.2, 0.25) is 0 Å². The summed E-state index contributed by atoms with van der Waals surface area (Å²) in [7, 11) is -3.84. The van der Waals surface area contributed by atoms with E-state index in [1.165, 1.54) is 30.3 Å². The second kappa shape index (κ2) is 10.8. The van der Waals surface area contributed by atoms with Gasteiger partial charge in [0.15, 0.2) is 10.9 Å². The second-order valence-electron chi connectivity index (χ2n) is 6.85. The number of sulfonamides is 1. The normalized spacial score (nSPS) is 11.0. The summed E-state index contributed by atoms with van der Waals surface area (Å²) in [5.41, 5.74) is 0.825. The van der Waals surface area contributed by atoms with Gasteiger partial charge in [-0.15, -0.1) is 0 Å². The molecule has 0 unspecified atom stereocenters. The van der Waals surface area contributed by atoms with Gasteiger partial charge in [0, 0.05) is 16.2 Å². The van der Waals surface area contributed by atoms with Crippen molar-refractivity contribution in [3.05, 3.63) is 64.3 Å². The molecule has 0 spiro atoms. The summed E-state index contributed by atoms with van der Waals surface area (Å²) in [6.45, 7) is 4.10. The van der Waals surface area contributed by atoms with Gasteiger partial charge in [0.25, 0.3) is 15.9 Å². The topological polar surface area (TPSA) is 123 Å². The van der Waals surface area contributed by atoms with Gasteiger partial charge in [-0.1, -0.05) is 28.0 Å². The number of nitrogens with one attached hydrogen (secondary N) is 3. The maximum atomic E-state index is 12.7. The molecule has 174 valence electrons. The summed E-state index contributed by atoms with van der Waals surface area (Å²) >= 11 is 8.58. The summed E-state index contributed by atoms with van der Waals surface area (Å²) in [5, 5.41) is 9.12. The van der Waals surface area contributed by atoms with E-state index in [0.717, 1.165) is 10.9 Å². The maximum Gasteiger partial charge on any atom is 0.263 e. The van der Waals surface area contributed by atoms with Crippen LogP contribution < -0.4 is 20.1 Å². The SMILES string of the molecule is CCCOc1ccc(Br)cc1C(=O)NC(=S)Nc1ccc(S(=O)(=O)Nc2cc(C)on2)cc1. The minimum atomic E-state index is -3.84. The van der Waals surface area contributed by atoms with Crippen LogP contribution in [0, 0.1) is 6.92 Å². The van der Waals surface area contributed by atoms with E-state index in [1.54, 1.807) is 25.1 Å². The zero-order chi connectivity index (χ0) is 24.0. The first-order valence-electron chi connectivity index (χ1n) is 9.79. The Morgan fingerprint density at radius 2 is 1.91 bits per heavy atom. The third kappa shape index (κ3) is 6.76. The van der Waals surface area contributed by atoms with Crippen LogP contribution in [0.4, 0.5) is 11.5 Å². The van der Waals surface area contributed by atoms with Gasteiger partial charge in [-0.05, 0) is 68.0 Å². The first kappa shape index (κ1) is 24.7. The standard InChI is InChI=1S/C21H21BrN4O5S2/c1-3-10-30-18-9-4-14(22)12-17(18)20(27)24-21(32)23-15-5-7-16(8-6-15)33(28,29)26-19-11-13(2)31-25-19/h4-9,11-12H,3,10H2,1-2H3,(H,25,26)(H2,23,24,27,32). The highest BCUT2D eigenvalue weighted by molar-refractivity contribution is 9.10. The predicted octanol–water partition coefficient (Wildman–Crippen LogP) is 4.46. The monoisotopic (exact) mass is 552 g/mol. The highest BCUT2D eigenvalue weighted by atomic mass is 79.9. The lowest BCUT2D eigenvalue weighted by Crippen LogP contribution is -2.34. The number of thiocarbonyl (C=S) groups is 1. The Labute approximate surface area is 205 Å². The number of benzene rings is 2. The Hall–Kier alpha value is -2.96. The fourth-order valence-electron chi connectivity index (χ4n) is 2.68. The number of amides is 1. The van der Waals surface area contributed by atoms with Gasteiger partial charge in [0.05, 0.1) is 17.1 Å². The Morgan fingerprint density at radius 3 is 2.55 bits per heavy atom. The summed E-state index contributed by atoms with van der Waals surface area (Å²) in [4.78, 5) is 12.7. The lowest BCUT2D eigenvalue weighted by atomic mass is 10.2. The number of hydrogen-bond acceptors (Lipinski definition) is 7. The molecule has 1 aromatic heterocycles. The average Bonchev–Trinajstić information content (AvgIpc) is 3.16. The number of ether oxygens (including phenoxy) is 1. The number of carbonyl (C=O) groups is 1. The van der Waals surface area contributed by atoms with E-state index < -0.39 is 15.9 Å². The molecule has 0 atom stereocenters. The van der Waals surface area contributed by atoms with E-state index in [2.05, 4.69) is 36.4 Å². The molecule has 0 saturated heterocycles. The summed E-state index contributed by atoms with van der Waals surface area (Å²) in [5.74, 6) is 0.582. The Balaban J connectivity index is 1.64. The molecule has 33 heavy (non-hydrogen) atoms. The molecule has 0 aliphatic heterocycles. The molecule has 0 saturated carbocycles. The highest BCUT2D eigenvalue weighted by Gasteiger charge is 2.17. The Kier molecular flexibility index (Phi) is 8.06. The Morgan fingerprint density at radius 1 is 1.18 bits per heavy atom. The summed E-state index contributed by atoms with van der Waals surface area (Å²) in [6, 6.07) is 12.4. The van der Waals surface area contributed by atoms with Crippen molar-refractivity contribution in [2.24, 2.45) is 0 Å². The van der Waals surface area contributed by atoms with Crippen molar-refractivity contribution in [3.8, 4) is 5.75 Å². The third-order valence-electron chi connectivity index (χ3n) is 4.16. The number of anilines is 2. The van der Waals surface area contributed by atoms with Crippen LogP contribution in [0.1, 0.15) is 29.5 Å².